The van der Waals surface area contributed by atoms with Gasteiger partial charge in [-0.15, -0.1) is 0 Å². The third-order valence-corrected chi connectivity index (χ3v) is 5.94. The van der Waals surface area contributed by atoms with Crippen LogP contribution in [0.3, 0.4) is 0 Å². The average Bonchev–Trinajstić information content (AvgIpc) is 3.07. The maximum atomic E-state index is 12.3. The predicted molar refractivity (Wildman–Crippen MR) is 102 cm³/mol. The van der Waals surface area contributed by atoms with Gasteiger partial charge in [0.15, 0.2) is 0 Å². The Bertz CT molecular complexity index is 600. The summed E-state index contributed by atoms with van der Waals surface area (Å²) < 4.78 is 7.42. The summed E-state index contributed by atoms with van der Waals surface area (Å²) >= 11 is 0. The average molecular weight is 363 g/mol. The maximum absolute atomic E-state index is 12.3. The van der Waals surface area contributed by atoms with E-state index in [1.54, 1.807) is 7.11 Å². The lowest BCUT2D eigenvalue weighted by molar-refractivity contribution is -0.139. The molecule has 1 spiro atoms. The van der Waals surface area contributed by atoms with E-state index in [0.717, 1.165) is 58.0 Å². The summed E-state index contributed by atoms with van der Waals surface area (Å²) in [6, 6.07) is 0.440. The van der Waals surface area contributed by atoms with Gasteiger partial charge in [-0.2, -0.15) is 0 Å². The lowest BCUT2D eigenvalue weighted by atomic mass is 9.73. The number of methoxy groups -OCH3 is 1. The molecule has 1 aromatic rings. The highest BCUT2D eigenvalue weighted by Crippen LogP contribution is 2.39. The quantitative estimate of drug-likeness (QED) is 0.700. The molecule has 1 amide bonds. The van der Waals surface area contributed by atoms with Crippen LogP contribution in [0.2, 0.25) is 0 Å². The van der Waals surface area contributed by atoms with Gasteiger partial charge in [0.05, 0.1) is 6.54 Å². The van der Waals surface area contributed by atoms with Gasteiger partial charge in [0.2, 0.25) is 5.91 Å². The van der Waals surface area contributed by atoms with Gasteiger partial charge in [0.1, 0.15) is 5.82 Å². The number of aromatic nitrogens is 2. The van der Waals surface area contributed by atoms with Crippen LogP contribution in [0.4, 0.5) is 0 Å². The molecule has 0 bridgehead atoms. The Hall–Kier alpha value is -1.40. The summed E-state index contributed by atoms with van der Waals surface area (Å²) in [4.78, 5) is 21.5. The maximum Gasteiger partial charge on any atom is 0.222 e. The van der Waals surface area contributed by atoms with Crippen molar-refractivity contribution < 1.29 is 9.53 Å². The molecule has 2 fully saturated rings. The fourth-order valence-electron chi connectivity index (χ4n) is 4.62. The normalized spacial score (nSPS) is 24.8. The topological polar surface area (TPSA) is 50.6 Å². The summed E-state index contributed by atoms with van der Waals surface area (Å²) in [5.74, 6) is 1.47. The molecule has 2 aliphatic rings. The molecule has 6 heteroatoms. The summed E-state index contributed by atoms with van der Waals surface area (Å²) in [5.41, 5.74) is 0.258. The molecule has 0 radical (unpaired) electrons. The molecule has 26 heavy (non-hydrogen) atoms. The van der Waals surface area contributed by atoms with E-state index in [0.29, 0.717) is 18.4 Å². The highest BCUT2D eigenvalue weighted by Gasteiger charge is 2.41. The number of ether oxygens (including phenoxy) is 1. The minimum atomic E-state index is 0.258. The van der Waals surface area contributed by atoms with Crippen molar-refractivity contribution in [1.82, 2.24) is 19.4 Å². The van der Waals surface area contributed by atoms with E-state index < -0.39 is 0 Å². The van der Waals surface area contributed by atoms with E-state index in [1.807, 2.05) is 6.20 Å². The van der Waals surface area contributed by atoms with Gasteiger partial charge in [-0.3, -0.25) is 9.69 Å². The van der Waals surface area contributed by atoms with E-state index in [1.165, 1.54) is 12.8 Å². The first-order valence-electron chi connectivity index (χ1n) is 10.0. The van der Waals surface area contributed by atoms with E-state index >= 15 is 0 Å². The second kappa shape index (κ2) is 8.53. The molecule has 2 aliphatic heterocycles. The number of carbonyl (C=O) groups excluding carboxylic acids is 1. The van der Waals surface area contributed by atoms with Crippen molar-refractivity contribution in [2.45, 2.75) is 58.5 Å². The SMILES string of the molecule is COCCCN1C[C@]2(CCCN(Cc3nccn3C(C)C)C2)CCC1=O. The van der Waals surface area contributed by atoms with Gasteiger partial charge in [-0.1, -0.05) is 0 Å². The molecule has 0 N–H and O–H groups in total. The fraction of sp³-hybridized carbons (Fsp3) is 0.800. The number of nitrogens with zero attached hydrogens (tertiary/aromatic N) is 4. The van der Waals surface area contributed by atoms with Crippen molar-refractivity contribution in [3.8, 4) is 0 Å². The molecule has 3 rings (SSSR count). The van der Waals surface area contributed by atoms with Crippen LogP contribution in [0.5, 0.6) is 0 Å². The molecule has 1 aromatic heterocycles. The Labute approximate surface area is 157 Å². The van der Waals surface area contributed by atoms with E-state index in [9.17, 15) is 4.79 Å². The van der Waals surface area contributed by atoms with E-state index in [-0.39, 0.29) is 5.41 Å². The molecule has 3 heterocycles. The van der Waals surface area contributed by atoms with Crippen molar-refractivity contribution in [3.63, 3.8) is 0 Å². The van der Waals surface area contributed by atoms with Crippen LogP contribution in [0.15, 0.2) is 12.4 Å². The van der Waals surface area contributed by atoms with Crippen molar-refractivity contribution in [1.29, 1.82) is 0 Å². The van der Waals surface area contributed by atoms with E-state index in [4.69, 9.17) is 4.74 Å². The second-order valence-corrected chi connectivity index (χ2v) is 8.32. The van der Waals surface area contributed by atoms with Gasteiger partial charge < -0.3 is 14.2 Å². The number of imidazole rings is 1. The van der Waals surface area contributed by atoms with Crippen molar-refractivity contribution in [3.05, 3.63) is 18.2 Å². The number of rotatable bonds is 7. The van der Waals surface area contributed by atoms with Crippen LogP contribution in [0, 0.1) is 5.41 Å². The number of hydrogen-bond acceptors (Lipinski definition) is 4. The fourth-order valence-corrected chi connectivity index (χ4v) is 4.62. The number of likely N-dealkylation sites (tertiary alicyclic amines) is 2. The van der Waals surface area contributed by atoms with Gasteiger partial charge in [0.25, 0.3) is 0 Å². The molecule has 0 aliphatic carbocycles. The molecule has 0 unspecified atom stereocenters. The molecule has 0 saturated carbocycles. The third-order valence-electron chi connectivity index (χ3n) is 5.94. The van der Waals surface area contributed by atoms with Crippen LogP contribution in [-0.2, 0) is 16.1 Å². The lowest BCUT2D eigenvalue weighted by Gasteiger charge is -2.48. The summed E-state index contributed by atoms with van der Waals surface area (Å²) in [6.07, 6.45) is 9.08. The first-order chi connectivity index (χ1) is 12.5. The molecular weight excluding hydrogens is 328 g/mol. The first kappa shape index (κ1) is 19.4. The molecule has 6 nitrogen and oxygen atoms in total. The van der Waals surface area contributed by atoms with Crippen molar-refractivity contribution >= 4 is 5.91 Å². The molecule has 146 valence electrons. The number of carbonyl (C=O) groups is 1. The van der Waals surface area contributed by atoms with Crippen LogP contribution in [0.25, 0.3) is 0 Å². The number of piperidine rings is 2. The highest BCUT2D eigenvalue weighted by molar-refractivity contribution is 5.77. The van der Waals surface area contributed by atoms with Gasteiger partial charge >= 0.3 is 0 Å². The first-order valence-corrected chi connectivity index (χ1v) is 10.0. The smallest absolute Gasteiger partial charge is 0.222 e. The number of hydrogen-bond donors (Lipinski definition) is 0. The molecule has 1 atom stereocenters. The molecule has 0 aromatic carbocycles. The second-order valence-electron chi connectivity index (χ2n) is 8.32. The Morgan fingerprint density at radius 2 is 2.15 bits per heavy atom. The molecule has 2 saturated heterocycles. The monoisotopic (exact) mass is 362 g/mol. The van der Waals surface area contributed by atoms with Crippen LogP contribution >= 0.6 is 0 Å². The third kappa shape index (κ3) is 4.46. The highest BCUT2D eigenvalue weighted by atomic mass is 16.5. The van der Waals surface area contributed by atoms with Gasteiger partial charge in [0, 0.05) is 63.6 Å². The minimum absolute atomic E-state index is 0.258. The van der Waals surface area contributed by atoms with Crippen LogP contribution < -0.4 is 0 Å². The van der Waals surface area contributed by atoms with Crippen molar-refractivity contribution in [2.24, 2.45) is 5.41 Å². The van der Waals surface area contributed by atoms with Crippen LogP contribution in [0.1, 0.15) is 57.8 Å². The Balaban J connectivity index is 1.63. The number of amides is 1. The van der Waals surface area contributed by atoms with Crippen LogP contribution in [-0.4, -0.2) is 65.2 Å². The largest absolute Gasteiger partial charge is 0.385 e. The zero-order valence-electron chi connectivity index (χ0n) is 16.6. The predicted octanol–water partition coefficient (Wildman–Crippen LogP) is 2.71. The summed E-state index contributed by atoms with van der Waals surface area (Å²) in [6.45, 7) is 9.97. The van der Waals surface area contributed by atoms with Gasteiger partial charge in [-0.05, 0) is 46.1 Å². The van der Waals surface area contributed by atoms with Gasteiger partial charge in [-0.25, -0.2) is 4.98 Å². The standard InChI is InChI=1S/C20H34N4O2/c1-17(2)24-12-9-21-18(24)14-22-10-4-7-20(15-22)8-6-19(25)23(16-20)11-5-13-26-3/h9,12,17H,4-8,10-11,13-16H2,1-3H3/t20-/m1/s1. The Kier molecular flexibility index (Phi) is 6.35. The lowest BCUT2D eigenvalue weighted by Crippen LogP contribution is -2.54. The van der Waals surface area contributed by atoms with E-state index in [2.05, 4.69) is 39.4 Å². The summed E-state index contributed by atoms with van der Waals surface area (Å²) in [7, 11) is 1.72. The zero-order valence-corrected chi connectivity index (χ0v) is 16.6. The zero-order chi connectivity index (χ0) is 18.6. The minimum Gasteiger partial charge on any atom is -0.385 e. The Morgan fingerprint density at radius 1 is 1.31 bits per heavy atom. The Morgan fingerprint density at radius 3 is 2.92 bits per heavy atom. The summed E-state index contributed by atoms with van der Waals surface area (Å²) in [5, 5.41) is 0. The van der Waals surface area contributed by atoms with Crippen molar-refractivity contribution in [2.75, 3.05) is 39.9 Å². The molecular formula is C20H34N4O2.